The fourth-order valence-electron chi connectivity index (χ4n) is 4.10. The lowest BCUT2D eigenvalue weighted by Gasteiger charge is -2.22. The van der Waals surface area contributed by atoms with Crippen LogP contribution < -0.4 is 10.6 Å². The van der Waals surface area contributed by atoms with E-state index in [1.54, 1.807) is 0 Å². The van der Waals surface area contributed by atoms with E-state index in [1.165, 1.54) is 0 Å². The number of carbonyl (C=O) groups excluding carboxylic acids is 4. The van der Waals surface area contributed by atoms with Crippen LogP contribution in [0.1, 0.15) is 56.5 Å². The minimum absolute atomic E-state index is 0.0820. The van der Waals surface area contributed by atoms with Crippen molar-refractivity contribution in [2.24, 2.45) is 11.8 Å². The summed E-state index contributed by atoms with van der Waals surface area (Å²) < 4.78 is 5.28. The van der Waals surface area contributed by atoms with Crippen molar-refractivity contribution in [3.63, 3.8) is 0 Å². The molecule has 0 saturated heterocycles. The first-order chi connectivity index (χ1) is 16.8. The minimum atomic E-state index is -0.855. The van der Waals surface area contributed by atoms with E-state index in [9.17, 15) is 19.2 Å². The van der Waals surface area contributed by atoms with Crippen molar-refractivity contribution in [3.8, 4) is 0 Å². The van der Waals surface area contributed by atoms with Gasteiger partial charge in [0.05, 0.1) is 11.7 Å². The second-order valence-corrected chi connectivity index (χ2v) is 9.42. The molecule has 2 amide bonds. The number of hydrogen-bond donors (Lipinski definition) is 3. The number of ketones is 2. The van der Waals surface area contributed by atoms with Gasteiger partial charge < -0.3 is 15.4 Å². The molecule has 0 saturated carbocycles. The predicted octanol–water partition coefficient (Wildman–Crippen LogP) is 2.89. The number of rotatable bonds is 8. The second kappa shape index (κ2) is 12.8. The van der Waals surface area contributed by atoms with E-state index < -0.39 is 29.7 Å². The van der Waals surface area contributed by atoms with E-state index in [4.69, 9.17) is 4.74 Å². The number of hydrogen-bond acceptors (Lipinski definition) is 6. The Bertz CT molecular complexity index is 1020. The number of nitrogens with zero attached hydrogens (tertiary/aromatic N) is 1. The molecular formula is C26H34N4O5. The molecule has 1 aromatic heterocycles. The van der Waals surface area contributed by atoms with Crippen LogP contribution in [0, 0.1) is 11.8 Å². The van der Waals surface area contributed by atoms with Crippen molar-refractivity contribution < 1.29 is 23.9 Å². The number of Topliss-reactive ketones (excluding diaryl/α,β-unsaturated/α-hetero) is 2. The summed E-state index contributed by atoms with van der Waals surface area (Å²) in [5.74, 6) is -2.37. The van der Waals surface area contributed by atoms with Crippen LogP contribution in [0.5, 0.6) is 0 Å². The highest BCUT2D eigenvalue weighted by Gasteiger charge is 2.32. The zero-order valence-corrected chi connectivity index (χ0v) is 20.3. The van der Waals surface area contributed by atoms with Crippen molar-refractivity contribution in [2.75, 3.05) is 6.54 Å². The summed E-state index contributed by atoms with van der Waals surface area (Å²) in [6, 6.07) is 10.3. The van der Waals surface area contributed by atoms with Gasteiger partial charge in [0, 0.05) is 24.6 Å². The lowest BCUT2D eigenvalue weighted by Crippen LogP contribution is -2.44. The SMILES string of the molecule is CC(C)CC(NC(=O)OCc1ccccc1)C(=O)CC1Cc2cc(n[nH]2)CCCCNC(=O)C1=O. The van der Waals surface area contributed by atoms with Crippen LogP contribution in [-0.4, -0.2) is 46.4 Å². The Labute approximate surface area is 205 Å². The maximum absolute atomic E-state index is 13.3. The molecule has 9 nitrogen and oxygen atoms in total. The topological polar surface area (TPSA) is 130 Å². The quantitative estimate of drug-likeness (QED) is 0.496. The lowest BCUT2D eigenvalue weighted by atomic mass is 9.88. The van der Waals surface area contributed by atoms with E-state index in [0.717, 1.165) is 30.5 Å². The maximum atomic E-state index is 13.3. The van der Waals surface area contributed by atoms with Crippen molar-refractivity contribution in [1.82, 2.24) is 20.8 Å². The first-order valence-electron chi connectivity index (χ1n) is 12.2. The number of H-pyrrole nitrogens is 1. The molecule has 35 heavy (non-hydrogen) atoms. The van der Waals surface area contributed by atoms with Gasteiger partial charge in [0.15, 0.2) is 5.78 Å². The molecule has 9 heteroatoms. The van der Waals surface area contributed by atoms with Gasteiger partial charge in [-0.1, -0.05) is 44.2 Å². The third kappa shape index (κ3) is 8.35. The lowest BCUT2D eigenvalue weighted by molar-refractivity contribution is -0.141. The van der Waals surface area contributed by atoms with E-state index in [0.29, 0.717) is 18.7 Å². The minimum Gasteiger partial charge on any atom is -0.445 e. The molecule has 188 valence electrons. The number of alkyl carbamates (subject to hydrolysis) is 1. The van der Waals surface area contributed by atoms with Gasteiger partial charge in [0.25, 0.3) is 5.91 Å². The molecular weight excluding hydrogens is 448 g/mol. The normalized spacial score (nSPS) is 17.6. The first kappa shape index (κ1) is 26.1. The number of aryl methyl sites for hydroxylation is 1. The number of aromatic nitrogens is 2. The Hall–Kier alpha value is -3.49. The Balaban J connectivity index is 1.69. The number of benzene rings is 1. The molecule has 2 atom stereocenters. The van der Waals surface area contributed by atoms with Crippen molar-refractivity contribution in [2.45, 2.75) is 65.0 Å². The van der Waals surface area contributed by atoms with E-state index >= 15 is 0 Å². The summed E-state index contributed by atoms with van der Waals surface area (Å²) in [6.07, 6.45) is 2.07. The summed E-state index contributed by atoms with van der Waals surface area (Å²) in [7, 11) is 0. The van der Waals surface area contributed by atoms with Crippen molar-refractivity contribution in [1.29, 1.82) is 0 Å². The summed E-state index contributed by atoms with van der Waals surface area (Å²) in [5, 5.41) is 12.5. The van der Waals surface area contributed by atoms with E-state index in [-0.39, 0.29) is 31.1 Å². The van der Waals surface area contributed by atoms with Crippen LogP contribution in [0.4, 0.5) is 4.79 Å². The van der Waals surface area contributed by atoms with Gasteiger partial charge in [-0.2, -0.15) is 5.10 Å². The number of nitrogens with one attached hydrogen (secondary N) is 3. The second-order valence-electron chi connectivity index (χ2n) is 9.42. The third-order valence-electron chi connectivity index (χ3n) is 5.94. The van der Waals surface area contributed by atoms with Crippen LogP contribution in [0.2, 0.25) is 0 Å². The van der Waals surface area contributed by atoms with E-state index in [2.05, 4.69) is 20.8 Å². The molecule has 1 aliphatic rings. The number of carbonyl (C=O) groups is 4. The number of ether oxygens (including phenoxy) is 1. The standard InChI is InChI=1S/C26H34N4O5/c1-17(2)12-22(28-26(34)35-16-18-8-4-3-5-9-18)23(31)14-19-13-21-15-20(29-30-21)10-6-7-11-27-25(33)24(19)32/h3-5,8-9,15,17,19,22H,6-7,10-14,16H2,1-2H3,(H,27,33)(H,28,34)(H,29,30). The van der Waals surface area contributed by atoms with Gasteiger partial charge in [-0.05, 0) is 49.7 Å². The molecule has 2 heterocycles. The molecule has 0 spiro atoms. The van der Waals surface area contributed by atoms with Gasteiger partial charge in [0.2, 0.25) is 5.78 Å². The maximum Gasteiger partial charge on any atom is 0.408 e. The van der Waals surface area contributed by atoms with Gasteiger partial charge >= 0.3 is 6.09 Å². The van der Waals surface area contributed by atoms with Crippen molar-refractivity contribution in [3.05, 3.63) is 53.3 Å². The van der Waals surface area contributed by atoms with Gasteiger partial charge in [-0.15, -0.1) is 0 Å². The molecule has 0 radical (unpaired) electrons. The number of fused-ring (bicyclic) bond motifs is 2. The molecule has 2 aromatic rings. The fraction of sp³-hybridized carbons (Fsp3) is 0.500. The highest BCUT2D eigenvalue weighted by Crippen LogP contribution is 2.18. The zero-order chi connectivity index (χ0) is 25.2. The summed E-state index contributed by atoms with van der Waals surface area (Å²) in [6.45, 7) is 4.36. The van der Waals surface area contributed by atoms with Crippen LogP contribution in [0.15, 0.2) is 36.4 Å². The molecule has 3 rings (SSSR count). The molecule has 1 aliphatic heterocycles. The van der Waals surface area contributed by atoms with Gasteiger partial charge in [-0.25, -0.2) is 4.79 Å². The number of amides is 2. The predicted molar refractivity (Wildman–Crippen MR) is 129 cm³/mol. The van der Waals surface area contributed by atoms with Crippen LogP contribution in [0.3, 0.4) is 0 Å². The summed E-state index contributed by atoms with van der Waals surface area (Å²) in [5.41, 5.74) is 2.43. The Morgan fingerprint density at radius 2 is 1.94 bits per heavy atom. The fourth-order valence-corrected chi connectivity index (χ4v) is 4.10. The molecule has 2 unspecified atom stereocenters. The largest absolute Gasteiger partial charge is 0.445 e. The van der Waals surface area contributed by atoms with Gasteiger partial charge in [-0.3, -0.25) is 19.5 Å². The Morgan fingerprint density at radius 3 is 2.69 bits per heavy atom. The van der Waals surface area contributed by atoms with Crippen LogP contribution in [0.25, 0.3) is 0 Å². The summed E-state index contributed by atoms with van der Waals surface area (Å²) >= 11 is 0. The summed E-state index contributed by atoms with van der Waals surface area (Å²) in [4.78, 5) is 51.1. The van der Waals surface area contributed by atoms with Crippen LogP contribution in [-0.2, 0) is 38.6 Å². The average molecular weight is 483 g/mol. The smallest absolute Gasteiger partial charge is 0.408 e. The van der Waals surface area contributed by atoms with Crippen LogP contribution >= 0.6 is 0 Å². The zero-order valence-electron chi connectivity index (χ0n) is 20.3. The number of aromatic amines is 1. The first-order valence-corrected chi connectivity index (χ1v) is 12.2. The molecule has 0 fully saturated rings. The van der Waals surface area contributed by atoms with E-state index in [1.807, 2.05) is 50.2 Å². The van der Waals surface area contributed by atoms with Crippen molar-refractivity contribution >= 4 is 23.6 Å². The molecule has 1 aromatic carbocycles. The highest BCUT2D eigenvalue weighted by atomic mass is 16.5. The third-order valence-corrected chi connectivity index (χ3v) is 5.94. The average Bonchev–Trinajstić information content (AvgIpc) is 3.28. The van der Waals surface area contributed by atoms with Gasteiger partial charge in [0.1, 0.15) is 6.61 Å². The molecule has 2 bridgehead atoms. The molecule has 3 N–H and O–H groups in total. The Kier molecular flexibility index (Phi) is 9.57. The highest BCUT2D eigenvalue weighted by molar-refractivity contribution is 6.37. The Morgan fingerprint density at radius 1 is 1.17 bits per heavy atom. The monoisotopic (exact) mass is 482 g/mol. The molecule has 0 aliphatic carbocycles.